The van der Waals surface area contributed by atoms with Gasteiger partial charge in [0, 0.05) is 12.1 Å². The Balaban J connectivity index is 2.57. The van der Waals surface area contributed by atoms with Crippen LogP contribution in [0.1, 0.15) is 15.9 Å². The average molecular weight is 287 g/mol. The number of halogens is 1. The van der Waals surface area contributed by atoms with Gasteiger partial charge in [-0.1, -0.05) is 23.7 Å². The second kappa shape index (κ2) is 5.64. The monoisotopic (exact) mass is 286 g/mol. The first-order chi connectivity index (χ1) is 9.54. The number of carboxylic acids is 1. The SMILES string of the molecule is CN(c1ccccc1C#N)c1ccc(Cl)cc1C(=O)O. The van der Waals surface area contributed by atoms with E-state index < -0.39 is 5.97 Å². The van der Waals surface area contributed by atoms with E-state index in [0.717, 1.165) is 0 Å². The van der Waals surface area contributed by atoms with Crippen LogP contribution in [-0.4, -0.2) is 18.1 Å². The number of hydrogen-bond donors (Lipinski definition) is 1. The highest BCUT2D eigenvalue weighted by Gasteiger charge is 2.16. The Kier molecular flexibility index (Phi) is 3.92. The zero-order chi connectivity index (χ0) is 14.7. The van der Waals surface area contributed by atoms with E-state index in [1.165, 1.54) is 6.07 Å². The third kappa shape index (κ3) is 2.58. The molecule has 5 heteroatoms. The Bertz CT molecular complexity index is 707. The van der Waals surface area contributed by atoms with Crippen LogP contribution in [-0.2, 0) is 0 Å². The van der Waals surface area contributed by atoms with Crippen molar-refractivity contribution in [3.05, 3.63) is 58.6 Å². The molecule has 0 saturated heterocycles. The van der Waals surface area contributed by atoms with E-state index in [-0.39, 0.29) is 5.56 Å². The van der Waals surface area contributed by atoms with Crippen molar-refractivity contribution in [1.82, 2.24) is 0 Å². The van der Waals surface area contributed by atoms with Crippen LogP contribution in [0.4, 0.5) is 11.4 Å². The highest BCUT2D eigenvalue weighted by atomic mass is 35.5. The van der Waals surface area contributed by atoms with Crippen molar-refractivity contribution in [2.45, 2.75) is 0 Å². The van der Waals surface area contributed by atoms with Gasteiger partial charge in [-0.25, -0.2) is 4.79 Å². The topological polar surface area (TPSA) is 64.3 Å². The van der Waals surface area contributed by atoms with Gasteiger partial charge in [0.2, 0.25) is 0 Å². The molecular formula is C15H11ClN2O2. The molecular weight excluding hydrogens is 276 g/mol. The van der Waals surface area contributed by atoms with Gasteiger partial charge >= 0.3 is 5.97 Å². The molecule has 0 amide bonds. The van der Waals surface area contributed by atoms with Gasteiger partial charge in [-0.05, 0) is 30.3 Å². The van der Waals surface area contributed by atoms with Gasteiger partial charge in [0.1, 0.15) is 6.07 Å². The van der Waals surface area contributed by atoms with Crippen molar-refractivity contribution in [3.63, 3.8) is 0 Å². The van der Waals surface area contributed by atoms with Crippen molar-refractivity contribution >= 4 is 28.9 Å². The van der Waals surface area contributed by atoms with Gasteiger partial charge in [-0.3, -0.25) is 0 Å². The Morgan fingerprint density at radius 1 is 1.25 bits per heavy atom. The summed E-state index contributed by atoms with van der Waals surface area (Å²) < 4.78 is 0. The lowest BCUT2D eigenvalue weighted by Gasteiger charge is -2.22. The van der Waals surface area contributed by atoms with Crippen LogP contribution < -0.4 is 4.90 Å². The minimum Gasteiger partial charge on any atom is -0.478 e. The first-order valence-electron chi connectivity index (χ1n) is 5.80. The van der Waals surface area contributed by atoms with Crippen LogP contribution in [0.2, 0.25) is 5.02 Å². The summed E-state index contributed by atoms with van der Waals surface area (Å²) in [6.45, 7) is 0. The average Bonchev–Trinajstić information content (AvgIpc) is 2.46. The predicted molar refractivity (Wildman–Crippen MR) is 77.6 cm³/mol. The lowest BCUT2D eigenvalue weighted by atomic mass is 10.1. The Labute approximate surface area is 121 Å². The minimum atomic E-state index is -1.07. The van der Waals surface area contributed by atoms with Crippen molar-refractivity contribution in [2.75, 3.05) is 11.9 Å². The van der Waals surface area contributed by atoms with Crippen LogP contribution in [0.5, 0.6) is 0 Å². The molecule has 1 N–H and O–H groups in total. The molecule has 0 aliphatic heterocycles. The molecule has 0 fully saturated rings. The molecule has 0 atom stereocenters. The number of carbonyl (C=O) groups is 1. The van der Waals surface area contributed by atoms with E-state index in [4.69, 9.17) is 16.9 Å². The van der Waals surface area contributed by atoms with E-state index >= 15 is 0 Å². The summed E-state index contributed by atoms with van der Waals surface area (Å²) in [6, 6.07) is 13.7. The summed E-state index contributed by atoms with van der Waals surface area (Å²) in [4.78, 5) is 13.0. The van der Waals surface area contributed by atoms with Crippen molar-refractivity contribution in [1.29, 1.82) is 5.26 Å². The third-order valence-electron chi connectivity index (χ3n) is 2.94. The largest absolute Gasteiger partial charge is 0.478 e. The van der Waals surface area contributed by atoms with Gasteiger partial charge in [-0.15, -0.1) is 0 Å². The van der Waals surface area contributed by atoms with E-state index in [2.05, 4.69) is 6.07 Å². The summed E-state index contributed by atoms with van der Waals surface area (Å²) in [7, 11) is 1.71. The minimum absolute atomic E-state index is 0.0905. The molecule has 0 aromatic heterocycles. The van der Waals surface area contributed by atoms with Gasteiger partial charge < -0.3 is 10.0 Å². The molecule has 0 heterocycles. The van der Waals surface area contributed by atoms with Gasteiger partial charge in [0.05, 0.1) is 22.5 Å². The number of nitriles is 1. The Hall–Kier alpha value is -2.51. The fraction of sp³-hybridized carbons (Fsp3) is 0.0667. The molecule has 2 aromatic rings. The molecule has 2 aromatic carbocycles. The summed E-state index contributed by atoms with van der Waals surface area (Å²) >= 11 is 5.84. The number of hydrogen-bond acceptors (Lipinski definition) is 3. The van der Waals surface area contributed by atoms with Gasteiger partial charge in [0.25, 0.3) is 0 Å². The summed E-state index contributed by atoms with van der Waals surface area (Å²) in [5.74, 6) is -1.07. The smallest absolute Gasteiger partial charge is 0.337 e. The Morgan fingerprint density at radius 2 is 1.95 bits per heavy atom. The molecule has 0 radical (unpaired) electrons. The standard InChI is InChI=1S/C15H11ClN2O2/c1-18(13-5-3-2-4-10(13)9-17)14-7-6-11(16)8-12(14)15(19)20/h2-8H,1H3,(H,19,20). The zero-order valence-corrected chi connectivity index (χ0v) is 11.4. The molecule has 20 heavy (non-hydrogen) atoms. The van der Waals surface area contributed by atoms with Crippen LogP contribution >= 0.6 is 11.6 Å². The second-order valence-electron chi connectivity index (χ2n) is 4.15. The summed E-state index contributed by atoms with van der Waals surface area (Å²) in [6.07, 6.45) is 0. The maximum absolute atomic E-state index is 11.3. The van der Waals surface area contributed by atoms with E-state index in [1.807, 2.05) is 0 Å². The number of rotatable bonds is 3. The number of nitrogens with zero attached hydrogens (tertiary/aromatic N) is 2. The fourth-order valence-corrected chi connectivity index (χ4v) is 2.13. The molecule has 0 unspecified atom stereocenters. The van der Waals surface area contributed by atoms with Gasteiger partial charge in [0.15, 0.2) is 0 Å². The highest BCUT2D eigenvalue weighted by Crippen LogP contribution is 2.31. The maximum atomic E-state index is 11.3. The van der Waals surface area contributed by atoms with Crippen LogP contribution in [0.15, 0.2) is 42.5 Å². The summed E-state index contributed by atoms with van der Waals surface area (Å²) in [5, 5.41) is 18.7. The number of benzene rings is 2. The Morgan fingerprint density at radius 3 is 2.60 bits per heavy atom. The molecule has 0 bridgehead atoms. The first kappa shape index (κ1) is 13.9. The molecule has 0 aliphatic carbocycles. The lowest BCUT2D eigenvalue weighted by molar-refractivity contribution is 0.0697. The van der Waals surface area contributed by atoms with E-state index in [1.54, 1.807) is 48.3 Å². The molecule has 4 nitrogen and oxygen atoms in total. The molecule has 100 valence electrons. The molecule has 0 spiro atoms. The van der Waals surface area contributed by atoms with Gasteiger partial charge in [-0.2, -0.15) is 5.26 Å². The second-order valence-corrected chi connectivity index (χ2v) is 4.59. The van der Waals surface area contributed by atoms with Crippen molar-refractivity contribution < 1.29 is 9.90 Å². The quantitative estimate of drug-likeness (QED) is 0.935. The van der Waals surface area contributed by atoms with Crippen LogP contribution in [0, 0.1) is 11.3 Å². The number of para-hydroxylation sites is 1. The van der Waals surface area contributed by atoms with Crippen molar-refractivity contribution in [2.24, 2.45) is 0 Å². The first-order valence-corrected chi connectivity index (χ1v) is 6.18. The molecule has 0 saturated carbocycles. The van der Waals surface area contributed by atoms with E-state index in [0.29, 0.717) is 22.0 Å². The lowest BCUT2D eigenvalue weighted by Crippen LogP contribution is -2.15. The van der Waals surface area contributed by atoms with Crippen LogP contribution in [0.3, 0.4) is 0 Å². The number of carboxylic acid groups (broad SMARTS) is 1. The zero-order valence-electron chi connectivity index (χ0n) is 10.7. The number of aromatic carboxylic acids is 1. The highest BCUT2D eigenvalue weighted by molar-refractivity contribution is 6.31. The van der Waals surface area contributed by atoms with Crippen LogP contribution in [0.25, 0.3) is 0 Å². The fourth-order valence-electron chi connectivity index (χ4n) is 1.96. The predicted octanol–water partition coefficient (Wildman–Crippen LogP) is 3.68. The van der Waals surface area contributed by atoms with Crippen molar-refractivity contribution in [3.8, 4) is 6.07 Å². The normalized spacial score (nSPS) is 9.85. The third-order valence-corrected chi connectivity index (χ3v) is 3.17. The molecule has 2 rings (SSSR count). The number of anilines is 2. The maximum Gasteiger partial charge on any atom is 0.337 e. The van der Waals surface area contributed by atoms with E-state index in [9.17, 15) is 9.90 Å². The summed E-state index contributed by atoms with van der Waals surface area (Å²) in [5.41, 5.74) is 1.68. The molecule has 0 aliphatic rings.